The van der Waals surface area contributed by atoms with E-state index in [0.717, 1.165) is 22.6 Å². The number of nitrogens with zero attached hydrogens (tertiary/aromatic N) is 3. The maximum atomic E-state index is 13.0. The lowest BCUT2D eigenvalue weighted by Crippen LogP contribution is -2.28. The van der Waals surface area contributed by atoms with Crippen molar-refractivity contribution in [2.45, 2.75) is 13.5 Å². The Morgan fingerprint density at radius 2 is 1.83 bits per heavy atom. The van der Waals surface area contributed by atoms with Crippen molar-refractivity contribution in [2.75, 3.05) is 13.7 Å². The van der Waals surface area contributed by atoms with Gasteiger partial charge in [-0.25, -0.2) is 4.99 Å². The van der Waals surface area contributed by atoms with E-state index in [2.05, 4.69) is 4.99 Å². The van der Waals surface area contributed by atoms with Crippen molar-refractivity contribution in [3.8, 4) is 11.5 Å². The molecule has 1 amide bonds. The van der Waals surface area contributed by atoms with Crippen LogP contribution in [0.15, 0.2) is 76.6 Å². The Kier molecular flexibility index (Phi) is 7.92. The molecule has 8 nitrogen and oxygen atoms in total. The van der Waals surface area contributed by atoms with Crippen LogP contribution in [-0.2, 0) is 11.4 Å². The highest BCUT2D eigenvalue weighted by Crippen LogP contribution is 2.35. The second-order valence-electron chi connectivity index (χ2n) is 7.65. The first-order chi connectivity index (χ1) is 17.4. The molecule has 0 spiro atoms. The smallest absolute Gasteiger partial charge is 0.269 e. The molecule has 0 aromatic heterocycles. The number of carbonyl (C=O) groups is 1. The lowest BCUT2D eigenvalue weighted by Gasteiger charge is -2.12. The maximum absolute atomic E-state index is 13.0. The molecule has 1 saturated heterocycles. The van der Waals surface area contributed by atoms with E-state index >= 15 is 0 Å². The Labute approximate surface area is 217 Å². The number of aliphatic imine (C=N–C) groups is 1. The van der Waals surface area contributed by atoms with E-state index in [1.807, 2.05) is 37.3 Å². The van der Waals surface area contributed by atoms with Crippen LogP contribution in [0.5, 0.6) is 11.5 Å². The normalized spacial score (nSPS) is 15.5. The van der Waals surface area contributed by atoms with Crippen LogP contribution >= 0.6 is 23.4 Å². The Morgan fingerprint density at radius 1 is 1.11 bits per heavy atom. The Bertz CT molecular complexity index is 1340. The van der Waals surface area contributed by atoms with Crippen molar-refractivity contribution < 1.29 is 19.2 Å². The molecule has 0 saturated carbocycles. The van der Waals surface area contributed by atoms with Gasteiger partial charge >= 0.3 is 0 Å². The number of non-ortho nitro benzene ring substituents is 1. The standard InChI is InChI=1S/C26H22ClN3O5S/c1-3-29-25(31)24(36-26(29)28-19-7-11-21(34-2)12-8-19)15-18-6-13-23(22(27)14-18)35-16-17-4-9-20(10-5-17)30(32)33/h4-15H,3,16H2,1-2H3. The van der Waals surface area contributed by atoms with Crippen LogP contribution in [-0.4, -0.2) is 34.6 Å². The fourth-order valence-corrected chi connectivity index (χ4v) is 4.69. The number of amidine groups is 1. The third-order valence-electron chi connectivity index (χ3n) is 5.30. The quantitative estimate of drug-likeness (QED) is 0.191. The number of halogens is 1. The fraction of sp³-hybridized carbons (Fsp3) is 0.154. The fourth-order valence-electron chi connectivity index (χ4n) is 3.39. The number of hydrogen-bond acceptors (Lipinski definition) is 7. The summed E-state index contributed by atoms with van der Waals surface area (Å²) >= 11 is 7.73. The summed E-state index contributed by atoms with van der Waals surface area (Å²) in [5.41, 5.74) is 2.27. The second kappa shape index (κ2) is 11.3. The van der Waals surface area contributed by atoms with Crippen LogP contribution < -0.4 is 9.47 Å². The number of carbonyl (C=O) groups excluding carboxylic acids is 1. The van der Waals surface area contributed by atoms with E-state index in [0.29, 0.717) is 27.4 Å². The average molecular weight is 524 g/mol. The highest BCUT2D eigenvalue weighted by Gasteiger charge is 2.32. The highest BCUT2D eigenvalue weighted by molar-refractivity contribution is 8.18. The van der Waals surface area contributed by atoms with Gasteiger partial charge in [-0.15, -0.1) is 0 Å². The summed E-state index contributed by atoms with van der Waals surface area (Å²) in [5.74, 6) is 1.09. The van der Waals surface area contributed by atoms with Gasteiger partial charge in [0.15, 0.2) is 5.17 Å². The van der Waals surface area contributed by atoms with E-state index in [1.54, 1.807) is 42.4 Å². The molecule has 1 aliphatic rings. The Hall–Kier alpha value is -3.82. The van der Waals surface area contributed by atoms with E-state index in [-0.39, 0.29) is 18.2 Å². The van der Waals surface area contributed by atoms with Crippen LogP contribution in [0.3, 0.4) is 0 Å². The summed E-state index contributed by atoms with van der Waals surface area (Å²) in [5, 5.41) is 11.8. The van der Waals surface area contributed by atoms with Crippen molar-refractivity contribution in [1.82, 2.24) is 4.90 Å². The van der Waals surface area contributed by atoms with Crippen molar-refractivity contribution in [3.63, 3.8) is 0 Å². The molecule has 0 radical (unpaired) electrons. The number of rotatable bonds is 8. The van der Waals surface area contributed by atoms with Gasteiger partial charge in [0, 0.05) is 18.7 Å². The molecule has 1 heterocycles. The maximum Gasteiger partial charge on any atom is 0.269 e. The molecule has 10 heteroatoms. The minimum absolute atomic E-state index is 0.0207. The number of hydrogen-bond donors (Lipinski definition) is 0. The number of benzene rings is 3. The van der Waals surface area contributed by atoms with Gasteiger partial charge in [0.25, 0.3) is 11.6 Å². The average Bonchev–Trinajstić information content (AvgIpc) is 3.17. The van der Waals surface area contributed by atoms with Crippen LogP contribution in [0.25, 0.3) is 6.08 Å². The second-order valence-corrected chi connectivity index (χ2v) is 9.07. The van der Waals surface area contributed by atoms with Crippen molar-refractivity contribution in [3.05, 3.63) is 97.9 Å². The van der Waals surface area contributed by atoms with Crippen LogP contribution in [0.4, 0.5) is 11.4 Å². The molecule has 1 fully saturated rings. The molecule has 0 N–H and O–H groups in total. The zero-order valence-corrected chi connectivity index (χ0v) is 21.1. The van der Waals surface area contributed by atoms with Gasteiger partial charge in [-0.3, -0.25) is 19.8 Å². The molecule has 184 valence electrons. The minimum Gasteiger partial charge on any atom is -0.497 e. The number of nitro groups is 1. The van der Waals surface area contributed by atoms with E-state index in [9.17, 15) is 14.9 Å². The number of methoxy groups -OCH3 is 1. The lowest BCUT2D eigenvalue weighted by atomic mass is 10.2. The zero-order valence-electron chi connectivity index (χ0n) is 19.5. The van der Waals surface area contributed by atoms with Gasteiger partial charge in [-0.2, -0.15) is 0 Å². The molecular formula is C26H22ClN3O5S. The van der Waals surface area contributed by atoms with E-state index in [4.69, 9.17) is 21.1 Å². The minimum atomic E-state index is -0.449. The van der Waals surface area contributed by atoms with Gasteiger partial charge in [0.05, 0.1) is 27.6 Å². The van der Waals surface area contributed by atoms with Gasteiger partial charge in [0.1, 0.15) is 18.1 Å². The summed E-state index contributed by atoms with van der Waals surface area (Å²) in [7, 11) is 1.60. The molecule has 0 atom stereocenters. The van der Waals surface area contributed by atoms with Crippen molar-refractivity contribution >= 4 is 51.9 Å². The number of ether oxygens (including phenoxy) is 2. The molecule has 1 aliphatic heterocycles. The lowest BCUT2D eigenvalue weighted by molar-refractivity contribution is -0.384. The van der Waals surface area contributed by atoms with Crippen LogP contribution in [0.2, 0.25) is 5.02 Å². The molecule has 0 bridgehead atoms. The first kappa shape index (κ1) is 25.3. The molecule has 3 aromatic carbocycles. The van der Waals surface area contributed by atoms with Crippen molar-refractivity contribution in [1.29, 1.82) is 0 Å². The number of amides is 1. The van der Waals surface area contributed by atoms with E-state index < -0.39 is 4.92 Å². The number of thioether (sulfide) groups is 1. The third-order valence-corrected chi connectivity index (χ3v) is 6.60. The van der Waals surface area contributed by atoms with Gasteiger partial charge < -0.3 is 9.47 Å². The van der Waals surface area contributed by atoms with Crippen LogP contribution in [0.1, 0.15) is 18.1 Å². The largest absolute Gasteiger partial charge is 0.497 e. The number of nitro benzene ring substituents is 1. The predicted octanol–water partition coefficient (Wildman–Crippen LogP) is 6.46. The summed E-state index contributed by atoms with van der Waals surface area (Å²) in [6.45, 7) is 2.61. The topological polar surface area (TPSA) is 94.3 Å². The Morgan fingerprint density at radius 3 is 2.44 bits per heavy atom. The summed E-state index contributed by atoms with van der Waals surface area (Å²) < 4.78 is 11.0. The molecule has 36 heavy (non-hydrogen) atoms. The first-order valence-electron chi connectivity index (χ1n) is 11.0. The van der Waals surface area contributed by atoms with E-state index in [1.165, 1.54) is 23.9 Å². The Balaban J connectivity index is 1.47. The SMILES string of the molecule is CCN1C(=O)C(=Cc2ccc(OCc3ccc([N+](=O)[O-])cc3)c(Cl)c2)SC1=Nc1ccc(OC)cc1. The van der Waals surface area contributed by atoms with Crippen molar-refractivity contribution in [2.24, 2.45) is 4.99 Å². The van der Waals surface area contributed by atoms with Crippen LogP contribution in [0, 0.1) is 10.1 Å². The molecule has 4 rings (SSSR count). The third kappa shape index (κ3) is 5.87. The molecule has 0 aliphatic carbocycles. The molecular weight excluding hydrogens is 502 g/mol. The summed E-state index contributed by atoms with van der Waals surface area (Å²) in [6, 6.07) is 18.7. The molecule has 3 aromatic rings. The summed E-state index contributed by atoms with van der Waals surface area (Å²) in [4.78, 5) is 30.1. The number of likely N-dealkylation sites (N-methyl/N-ethyl adjacent to an activating group) is 1. The molecule has 0 unspecified atom stereocenters. The predicted molar refractivity (Wildman–Crippen MR) is 142 cm³/mol. The zero-order chi connectivity index (χ0) is 25.7. The highest BCUT2D eigenvalue weighted by atomic mass is 35.5. The van der Waals surface area contributed by atoms with Gasteiger partial charge in [-0.1, -0.05) is 17.7 Å². The van der Waals surface area contributed by atoms with Gasteiger partial charge in [-0.05, 0) is 84.4 Å². The summed E-state index contributed by atoms with van der Waals surface area (Å²) in [6.07, 6.45) is 1.78. The first-order valence-corrected chi connectivity index (χ1v) is 12.2. The van der Waals surface area contributed by atoms with Gasteiger partial charge in [0.2, 0.25) is 0 Å². The monoisotopic (exact) mass is 523 g/mol.